The first kappa shape index (κ1) is 29.5. The quantitative estimate of drug-likeness (QED) is 0.142. The van der Waals surface area contributed by atoms with Crippen molar-refractivity contribution >= 4 is 6.21 Å². The number of methoxy groups -OCH3 is 1. The van der Waals surface area contributed by atoms with Crippen molar-refractivity contribution in [2.45, 2.75) is 96.6 Å². The second-order valence-electron chi connectivity index (χ2n) is 11.9. The number of hydrogen-bond donors (Lipinski definition) is 0. The molecule has 1 atom stereocenters. The van der Waals surface area contributed by atoms with Gasteiger partial charge in [0, 0.05) is 30.3 Å². The van der Waals surface area contributed by atoms with Gasteiger partial charge >= 0.3 is 0 Å². The minimum atomic E-state index is 0.246. The molecule has 4 heterocycles. The lowest BCUT2D eigenvalue weighted by Crippen LogP contribution is -2.40. The van der Waals surface area contributed by atoms with E-state index < -0.39 is 0 Å². The molecule has 9 heteroatoms. The minimum Gasteiger partial charge on any atom is -0.493 e. The summed E-state index contributed by atoms with van der Waals surface area (Å²) >= 11 is 0. The fourth-order valence-electron chi connectivity index (χ4n) is 6.70. The summed E-state index contributed by atoms with van der Waals surface area (Å²) in [6.07, 6.45) is 19.9. The smallest absolute Gasteiger partial charge is 0.231 e. The largest absolute Gasteiger partial charge is 0.493 e. The second kappa shape index (κ2) is 14.3. The van der Waals surface area contributed by atoms with E-state index in [1.165, 1.54) is 80.0 Å². The van der Waals surface area contributed by atoms with Crippen LogP contribution in [0.4, 0.5) is 0 Å². The molecule has 2 aromatic carbocycles. The molecule has 0 saturated carbocycles. The van der Waals surface area contributed by atoms with E-state index in [9.17, 15) is 0 Å². The van der Waals surface area contributed by atoms with Crippen LogP contribution in [0.3, 0.4) is 0 Å². The van der Waals surface area contributed by atoms with Crippen LogP contribution in [0.1, 0.15) is 105 Å². The van der Waals surface area contributed by atoms with Gasteiger partial charge in [-0.1, -0.05) is 64.7 Å². The Morgan fingerprint density at radius 2 is 1.65 bits per heavy atom. The van der Waals surface area contributed by atoms with Crippen LogP contribution in [0.5, 0.6) is 23.0 Å². The van der Waals surface area contributed by atoms with Gasteiger partial charge in [0.2, 0.25) is 6.79 Å². The number of ether oxygens (including phenoxy) is 4. The van der Waals surface area contributed by atoms with Crippen molar-refractivity contribution in [1.82, 2.24) is 19.8 Å². The normalized spacial score (nSPS) is 17.1. The highest BCUT2D eigenvalue weighted by Gasteiger charge is 2.36. The molecule has 1 aromatic heterocycles. The van der Waals surface area contributed by atoms with Gasteiger partial charge in [0.1, 0.15) is 12.7 Å². The highest BCUT2D eigenvalue weighted by molar-refractivity contribution is 5.84. The summed E-state index contributed by atoms with van der Waals surface area (Å²) in [7, 11) is 1.72. The number of nitrogens with zero attached hydrogens (tertiary/aromatic N) is 5. The summed E-state index contributed by atoms with van der Waals surface area (Å²) in [4.78, 5) is 2.57. The molecule has 9 nitrogen and oxygen atoms in total. The number of unbranched alkanes of at least 4 members (excludes halogenated alkanes) is 9. The molecular formula is C34H45N5O4. The van der Waals surface area contributed by atoms with Gasteiger partial charge < -0.3 is 18.9 Å². The molecule has 0 fully saturated rings. The van der Waals surface area contributed by atoms with Gasteiger partial charge in [0.25, 0.3) is 0 Å². The van der Waals surface area contributed by atoms with Gasteiger partial charge in [-0.3, -0.25) is 4.90 Å². The van der Waals surface area contributed by atoms with Crippen molar-refractivity contribution in [1.29, 1.82) is 0 Å². The first-order valence-electron chi connectivity index (χ1n) is 16.2. The maximum absolute atomic E-state index is 6.56. The first-order valence-corrected chi connectivity index (χ1v) is 16.2. The lowest BCUT2D eigenvalue weighted by molar-refractivity contribution is 0.155. The Hall–Kier alpha value is -3.59. The number of hydrogen-bond acceptors (Lipinski definition) is 8. The molecule has 43 heavy (non-hydrogen) atoms. The molecule has 0 spiro atoms. The summed E-state index contributed by atoms with van der Waals surface area (Å²) in [6, 6.07) is 6.68. The van der Waals surface area contributed by atoms with Gasteiger partial charge in [-0.2, -0.15) is 5.10 Å². The number of rotatable bonds is 15. The third-order valence-electron chi connectivity index (χ3n) is 9.06. The van der Waals surface area contributed by atoms with E-state index in [1.54, 1.807) is 24.4 Å². The number of aromatic nitrogens is 3. The zero-order valence-electron chi connectivity index (χ0n) is 25.7. The van der Waals surface area contributed by atoms with Gasteiger partial charge in [-0.15, -0.1) is 10.2 Å². The molecule has 0 bridgehead atoms. The minimum absolute atomic E-state index is 0.246. The fourth-order valence-corrected chi connectivity index (χ4v) is 6.70. The molecule has 3 aromatic rings. The van der Waals surface area contributed by atoms with E-state index in [0.29, 0.717) is 13.4 Å². The third kappa shape index (κ3) is 6.82. The van der Waals surface area contributed by atoms with Crippen LogP contribution < -0.4 is 18.9 Å². The summed E-state index contributed by atoms with van der Waals surface area (Å²) in [5, 5.41) is 12.4. The van der Waals surface area contributed by atoms with Crippen molar-refractivity contribution in [3.05, 3.63) is 58.7 Å². The fraction of sp³-hybridized carbons (Fsp3) is 0.559. The summed E-state index contributed by atoms with van der Waals surface area (Å²) in [5.74, 6) is 3.34. The van der Waals surface area contributed by atoms with E-state index in [-0.39, 0.29) is 6.04 Å². The third-order valence-corrected chi connectivity index (χ3v) is 9.06. The molecule has 0 aliphatic carbocycles. The van der Waals surface area contributed by atoms with Crippen LogP contribution in [0, 0.1) is 0 Å². The van der Waals surface area contributed by atoms with Crippen molar-refractivity contribution in [3.63, 3.8) is 0 Å². The van der Waals surface area contributed by atoms with Gasteiger partial charge in [-0.05, 0) is 54.2 Å². The second-order valence-corrected chi connectivity index (χ2v) is 11.9. The molecule has 0 amide bonds. The average Bonchev–Trinajstić information content (AvgIpc) is 3.73. The lowest BCUT2D eigenvalue weighted by atomic mass is 9.82. The van der Waals surface area contributed by atoms with Gasteiger partial charge in [-0.25, -0.2) is 4.68 Å². The van der Waals surface area contributed by atoms with E-state index in [4.69, 9.17) is 18.9 Å². The van der Waals surface area contributed by atoms with Gasteiger partial charge in [0.05, 0.1) is 19.9 Å². The van der Waals surface area contributed by atoms with Crippen LogP contribution >= 0.6 is 0 Å². The van der Waals surface area contributed by atoms with Gasteiger partial charge in [0.15, 0.2) is 23.0 Å². The Morgan fingerprint density at radius 3 is 2.40 bits per heavy atom. The standard InChI is InChI=1S/C34H45N5O4/c1-3-4-5-6-7-8-9-10-11-12-15-41-34-29-21-38-14-13-25-16-31-32(43-24-42-31)19-28(25)30(38)18-27(29)26(17-33(34)40-2)20-37-39-22-35-36-23-39/h16-17,19-20,22-23,30H,3-15,18,21,24H2,1-2H3/b37-20+. The molecule has 3 aliphatic rings. The molecule has 3 aliphatic heterocycles. The predicted molar refractivity (Wildman–Crippen MR) is 166 cm³/mol. The zero-order chi connectivity index (χ0) is 29.4. The van der Waals surface area contributed by atoms with Crippen LogP contribution in [0.15, 0.2) is 36.0 Å². The zero-order valence-corrected chi connectivity index (χ0v) is 25.7. The molecular weight excluding hydrogens is 542 g/mol. The van der Waals surface area contributed by atoms with Crippen molar-refractivity contribution in [2.75, 3.05) is 27.1 Å². The van der Waals surface area contributed by atoms with Crippen molar-refractivity contribution < 1.29 is 18.9 Å². The summed E-state index contributed by atoms with van der Waals surface area (Å²) < 4.78 is 25.5. The monoisotopic (exact) mass is 587 g/mol. The van der Waals surface area contributed by atoms with E-state index in [1.807, 2.05) is 6.21 Å². The predicted octanol–water partition coefficient (Wildman–Crippen LogP) is 6.85. The van der Waals surface area contributed by atoms with E-state index in [0.717, 1.165) is 60.9 Å². The van der Waals surface area contributed by atoms with Crippen LogP contribution in [-0.2, 0) is 19.4 Å². The molecule has 230 valence electrons. The molecule has 0 radical (unpaired) electrons. The van der Waals surface area contributed by atoms with E-state index >= 15 is 0 Å². The first-order chi connectivity index (χ1) is 21.2. The molecule has 0 N–H and O–H groups in total. The maximum atomic E-state index is 6.56. The highest BCUT2D eigenvalue weighted by atomic mass is 16.7. The SMILES string of the molecule is CCCCCCCCCCCCOc1c(OC)cc(/C=N/n2cnnc2)c2c1CN1CCc3cc4c(cc3C1C2)OCO4. The number of benzene rings is 2. The van der Waals surface area contributed by atoms with Crippen LogP contribution in [-0.4, -0.2) is 53.0 Å². The Bertz CT molecular complexity index is 1390. The Balaban J connectivity index is 1.19. The van der Waals surface area contributed by atoms with Crippen LogP contribution in [0.2, 0.25) is 0 Å². The van der Waals surface area contributed by atoms with Crippen LogP contribution in [0.25, 0.3) is 0 Å². The summed E-state index contributed by atoms with van der Waals surface area (Å²) in [5.41, 5.74) is 6.16. The average molecular weight is 588 g/mol. The topological polar surface area (TPSA) is 83.2 Å². The summed E-state index contributed by atoms with van der Waals surface area (Å²) in [6.45, 7) is 5.04. The highest BCUT2D eigenvalue weighted by Crippen LogP contribution is 2.47. The van der Waals surface area contributed by atoms with E-state index in [2.05, 4.69) is 45.3 Å². The molecule has 0 saturated heterocycles. The molecule has 6 rings (SSSR count). The Morgan fingerprint density at radius 1 is 0.930 bits per heavy atom. The Labute approximate surface area is 255 Å². The Kier molecular flexibility index (Phi) is 9.77. The lowest BCUT2D eigenvalue weighted by Gasteiger charge is -2.42. The van der Waals surface area contributed by atoms with Crippen molar-refractivity contribution in [3.8, 4) is 23.0 Å². The maximum Gasteiger partial charge on any atom is 0.231 e. The molecule has 1 unspecified atom stereocenters. The van der Waals surface area contributed by atoms with Crippen molar-refractivity contribution in [2.24, 2.45) is 5.10 Å². The number of fused-ring (bicyclic) bond motifs is 5.